The zero-order chi connectivity index (χ0) is 22.8. The van der Waals surface area contributed by atoms with Crippen LogP contribution in [0, 0.1) is 5.82 Å². The van der Waals surface area contributed by atoms with E-state index in [-0.39, 0.29) is 11.9 Å². The van der Waals surface area contributed by atoms with Gasteiger partial charge in [0.2, 0.25) is 0 Å². The molecule has 32 heavy (non-hydrogen) atoms. The number of carbonyl (C=O) groups is 2. The average Bonchev–Trinajstić information content (AvgIpc) is 3.05. The van der Waals surface area contributed by atoms with Gasteiger partial charge in [-0.2, -0.15) is 0 Å². The molecule has 1 saturated heterocycles. The average molecular weight is 438 g/mol. The maximum Gasteiger partial charge on any atom is 0.282 e. The SMILES string of the molecule is CCOc1cccc(N2C(=O)C(c3ccc(F)cc3)=C(N(C)C3CCN(C)CC3)C2=O)c1. The first-order valence-corrected chi connectivity index (χ1v) is 10.9. The van der Waals surface area contributed by atoms with Crippen molar-refractivity contribution in [1.29, 1.82) is 0 Å². The van der Waals surface area contributed by atoms with E-state index in [0.29, 0.717) is 34.9 Å². The van der Waals surface area contributed by atoms with Crippen LogP contribution in [0.2, 0.25) is 0 Å². The van der Waals surface area contributed by atoms with E-state index in [2.05, 4.69) is 11.9 Å². The van der Waals surface area contributed by atoms with Crippen molar-refractivity contribution in [2.45, 2.75) is 25.8 Å². The van der Waals surface area contributed by atoms with Gasteiger partial charge < -0.3 is 14.5 Å². The number of rotatable bonds is 6. The second-order valence-corrected chi connectivity index (χ2v) is 8.25. The number of ether oxygens (including phenoxy) is 1. The summed E-state index contributed by atoms with van der Waals surface area (Å²) in [6.45, 7) is 4.21. The van der Waals surface area contributed by atoms with Gasteiger partial charge in [0.25, 0.3) is 11.8 Å². The summed E-state index contributed by atoms with van der Waals surface area (Å²) in [6, 6.07) is 12.8. The summed E-state index contributed by atoms with van der Waals surface area (Å²) in [5.41, 5.74) is 1.65. The normalized spacial score (nSPS) is 17.9. The molecule has 0 aliphatic carbocycles. The van der Waals surface area contributed by atoms with Crippen LogP contribution in [-0.2, 0) is 9.59 Å². The Balaban J connectivity index is 1.76. The minimum atomic E-state index is -0.412. The molecule has 168 valence electrons. The van der Waals surface area contributed by atoms with Gasteiger partial charge in [-0.3, -0.25) is 9.59 Å². The Bertz CT molecular complexity index is 1040. The van der Waals surface area contributed by atoms with E-state index in [9.17, 15) is 14.0 Å². The highest BCUT2D eigenvalue weighted by atomic mass is 19.1. The molecular formula is C25H28FN3O3. The van der Waals surface area contributed by atoms with Crippen molar-refractivity contribution in [3.05, 3.63) is 65.6 Å². The van der Waals surface area contributed by atoms with Crippen molar-refractivity contribution >= 4 is 23.1 Å². The first-order valence-electron chi connectivity index (χ1n) is 10.9. The maximum atomic E-state index is 13.7. The quantitative estimate of drug-likeness (QED) is 0.647. The lowest BCUT2D eigenvalue weighted by Gasteiger charge is -2.36. The number of likely N-dealkylation sites (N-methyl/N-ethyl adjacent to an activating group) is 1. The molecule has 0 aromatic heterocycles. The lowest BCUT2D eigenvalue weighted by molar-refractivity contribution is -0.120. The summed E-state index contributed by atoms with van der Waals surface area (Å²) >= 11 is 0. The van der Waals surface area contributed by atoms with Crippen molar-refractivity contribution in [2.75, 3.05) is 38.7 Å². The van der Waals surface area contributed by atoms with Gasteiger partial charge in [0.15, 0.2) is 0 Å². The molecule has 2 aromatic rings. The maximum absolute atomic E-state index is 13.7. The summed E-state index contributed by atoms with van der Waals surface area (Å²) in [7, 11) is 3.96. The van der Waals surface area contributed by atoms with Gasteiger partial charge in [0.1, 0.15) is 17.3 Å². The van der Waals surface area contributed by atoms with Crippen molar-refractivity contribution in [3.8, 4) is 5.75 Å². The number of nitrogens with zero attached hydrogens (tertiary/aromatic N) is 3. The number of hydrogen-bond acceptors (Lipinski definition) is 5. The fourth-order valence-electron chi connectivity index (χ4n) is 4.40. The second kappa shape index (κ2) is 9.12. The number of piperidine rings is 1. The Kier molecular flexibility index (Phi) is 6.28. The smallest absolute Gasteiger partial charge is 0.282 e. The van der Waals surface area contributed by atoms with Gasteiger partial charge in [-0.1, -0.05) is 18.2 Å². The van der Waals surface area contributed by atoms with Crippen molar-refractivity contribution in [1.82, 2.24) is 9.80 Å². The van der Waals surface area contributed by atoms with E-state index in [1.807, 2.05) is 18.9 Å². The topological polar surface area (TPSA) is 53.1 Å². The third-order valence-electron chi connectivity index (χ3n) is 6.17. The predicted octanol–water partition coefficient (Wildman–Crippen LogP) is 3.53. The van der Waals surface area contributed by atoms with Crippen LogP contribution >= 0.6 is 0 Å². The first kappa shape index (κ1) is 22.0. The fraction of sp³-hybridized carbons (Fsp3) is 0.360. The van der Waals surface area contributed by atoms with Crippen LogP contribution in [-0.4, -0.2) is 61.4 Å². The number of carbonyl (C=O) groups excluding carboxylic acids is 2. The van der Waals surface area contributed by atoms with E-state index < -0.39 is 11.7 Å². The number of benzene rings is 2. The second-order valence-electron chi connectivity index (χ2n) is 8.25. The third-order valence-corrected chi connectivity index (χ3v) is 6.17. The van der Waals surface area contributed by atoms with Gasteiger partial charge in [-0.15, -0.1) is 0 Å². The van der Waals surface area contributed by atoms with Gasteiger partial charge in [-0.05, 0) is 69.7 Å². The van der Waals surface area contributed by atoms with E-state index in [1.54, 1.807) is 36.4 Å². The van der Waals surface area contributed by atoms with E-state index >= 15 is 0 Å². The molecular weight excluding hydrogens is 409 g/mol. The highest BCUT2D eigenvalue weighted by Crippen LogP contribution is 2.37. The lowest BCUT2D eigenvalue weighted by atomic mass is 10.00. The van der Waals surface area contributed by atoms with Gasteiger partial charge in [-0.25, -0.2) is 9.29 Å². The molecule has 0 spiro atoms. The van der Waals surface area contributed by atoms with Crippen LogP contribution in [0.4, 0.5) is 10.1 Å². The van der Waals surface area contributed by atoms with Crippen LogP contribution in [0.3, 0.4) is 0 Å². The molecule has 0 atom stereocenters. The molecule has 0 unspecified atom stereocenters. The third kappa shape index (κ3) is 4.12. The van der Waals surface area contributed by atoms with Crippen LogP contribution in [0.5, 0.6) is 5.75 Å². The standard InChI is InChI=1S/C25H28FN3O3/c1-4-32-21-7-5-6-20(16-21)29-24(30)22(17-8-10-18(26)11-9-17)23(25(29)31)28(3)19-12-14-27(2)15-13-19/h5-11,16,19H,4,12-15H2,1-3H3. The highest BCUT2D eigenvalue weighted by Gasteiger charge is 2.43. The number of likely N-dealkylation sites (tertiary alicyclic amines) is 1. The lowest BCUT2D eigenvalue weighted by Crippen LogP contribution is -2.43. The Labute approximate surface area is 187 Å². The van der Waals surface area contributed by atoms with Crippen LogP contribution in [0.25, 0.3) is 5.57 Å². The van der Waals surface area contributed by atoms with Crippen molar-refractivity contribution in [2.24, 2.45) is 0 Å². The van der Waals surface area contributed by atoms with E-state index in [4.69, 9.17) is 4.74 Å². The Morgan fingerprint density at radius 3 is 2.41 bits per heavy atom. The molecule has 6 nitrogen and oxygen atoms in total. The Hall–Kier alpha value is -3.19. The van der Waals surface area contributed by atoms with Crippen LogP contribution in [0.15, 0.2) is 54.2 Å². The summed E-state index contributed by atoms with van der Waals surface area (Å²) in [5, 5.41) is 0. The number of anilines is 1. The summed E-state index contributed by atoms with van der Waals surface area (Å²) < 4.78 is 19.1. The number of amides is 2. The molecule has 2 heterocycles. The molecule has 0 saturated carbocycles. The molecule has 1 fully saturated rings. The molecule has 2 aliphatic rings. The number of imide groups is 1. The van der Waals surface area contributed by atoms with Crippen LogP contribution < -0.4 is 9.64 Å². The van der Waals surface area contributed by atoms with Crippen LogP contribution in [0.1, 0.15) is 25.3 Å². The molecule has 2 amide bonds. The van der Waals surface area contributed by atoms with E-state index in [0.717, 1.165) is 25.9 Å². The molecule has 2 aromatic carbocycles. The molecule has 7 heteroatoms. The largest absolute Gasteiger partial charge is 0.494 e. The van der Waals surface area contributed by atoms with Gasteiger partial charge >= 0.3 is 0 Å². The summed E-state index contributed by atoms with van der Waals surface area (Å²) in [5.74, 6) is -0.585. The summed E-state index contributed by atoms with van der Waals surface area (Å²) in [6.07, 6.45) is 1.79. The Morgan fingerprint density at radius 1 is 1.06 bits per heavy atom. The molecule has 0 radical (unpaired) electrons. The summed E-state index contributed by atoms with van der Waals surface area (Å²) in [4.78, 5) is 32.7. The molecule has 0 bridgehead atoms. The highest BCUT2D eigenvalue weighted by molar-refractivity contribution is 6.45. The molecule has 4 rings (SSSR count). The van der Waals surface area contributed by atoms with Gasteiger partial charge in [0.05, 0.1) is 17.9 Å². The zero-order valence-corrected chi connectivity index (χ0v) is 18.7. The minimum absolute atomic E-state index is 0.142. The number of hydrogen-bond donors (Lipinski definition) is 0. The predicted molar refractivity (Wildman–Crippen MR) is 122 cm³/mol. The van der Waals surface area contributed by atoms with Crippen molar-refractivity contribution in [3.63, 3.8) is 0 Å². The monoisotopic (exact) mass is 437 g/mol. The fourth-order valence-corrected chi connectivity index (χ4v) is 4.40. The Morgan fingerprint density at radius 2 is 1.75 bits per heavy atom. The molecule has 2 aliphatic heterocycles. The van der Waals surface area contributed by atoms with E-state index in [1.165, 1.54) is 17.0 Å². The van der Waals surface area contributed by atoms with Crippen molar-refractivity contribution < 1.29 is 18.7 Å². The minimum Gasteiger partial charge on any atom is -0.494 e. The molecule has 0 N–H and O–H groups in total. The van der Waals surface area contributed by atoms with Gasteiger partial charge in [0, 0.05) is 19.2 Å². The zero-order valence-electron chi connectivity index (χ0n) is 18.7. The number of halogens is 1. The first-order chi connectivity index (χ1) is 15.4.